The van der Waals surface area contributed by atoms with E-state index in [-0.39, 0.29) is 29.3 Å². The van der Waals surface area contributed by atoms with Crippen LogP contribution in [-0.4, -0.2) is 90.3 Å². The van der Waals surface area contributed by atoms with Crippen LogP contribution in [-0.2, 0) is 23.3 Å². The molecule has 3 aliphatic heterocycles. The first-order chi connectivity index (χ1) is 30.3. The number of aromatic nitrogens is 7. The lowest BCUT2D eigenvalue weighted by Crippen LogP contribution is -2.50. The molecular formula is C47H54N12O4. The molecular weight excluding hydrogens is 797 g/mol. The van der Waals surface area contributed by atoms with E-state index < -0.39 is 5.91 Å². The average molecular weight is 851 g/mol. The summed E-state index contributed by atoms with van der Waals surface area (Å²) in [5, 5.41) is 15.3. The fourth-order valence-corrected chi connectivity index (χ4v) is 10.1. The highest BCUT2D eigenvalue weighted by molar-refractivity contribution is 6.05. The Kier molecular flexibility index (Phi) is 10.2. The van der Waals surface area contributed by atoms with Crippen molar-refractivity contribution in [2.24, 2.45) is 11.3 Å². The molecule has 2 saturated heterocycles. The number of nitrogens with zero attached hydrogens (tertiary/aromatic N) is 9. The predicted molar refractivity (Wildman–Crippen MR) is 238 cm³/mol. The molecule has 4 aliphatic rings. The number of piperidine rings is 1. The molecule has 16 nitrogen and oxygen atoms in total. The zero-order valence-corrected chi connectivity index (χ0v) is 36.6. The van der Waals surface area contributed by atoms with E-state index >= 15 is 0 Å². The van der Waals surface area contributed by atoms with Crippen LogP contribution >= 0.6 is 0 Å². The maximum absolute atomic E-state index is 13.0. The third kappa shape index (κ3) is 7.96. The molecule has 0 unspecified atom stereocenters. The van der Waals surface area contributed by atoms with Gasteiger partial charge < -0.3 is 19.7 Å². The first-order valence-corrected chi connectivity index (χ1v) is 22.1. The third-order valence-electron chi connectivity index (χ3n) is 13.6. The van der Waals surface area contributed by atoms with Crippen molar-refractivity contribution in [1.82, 2.24) is 50.4 Å². The molecule has 1 spiro atoms. The molecule has 7 heterocycles. The summed E-state index contributed by atoms with van der Waals surface area (Å²) in [5.41, 5.74) is 9.72. The number of carbonyl (C=O) groups is 3. The van der Waals surface area contributed by atoms with Crippen molar-refractivity contribution in [2.75, 3.05) is 42.5 Å². The van der Waals surface area contributed by atoms with Gasteiger partial charge in [0.2, 0.25) is 5.91 Å². The number of carbonyl (C=O) groups excluding carboxylic acids is 3. The minimum Gasteiger partial charge on any atom is -0.371 e. The molecule has 3 N–H and O–H groups in total. The number of fused-ring (bicyclic) bond motifs is 2. The van der Waals surface area contributed by atoms with Crippen LogP contribution in [0.3, 0.4) is 0 Å². The summed E-state index contributed by atoms with van der Waals surface area (Å²) in [6, 6.07) is 18.0. The van der Waals surface area contributed by atoms with Gasteiger partial charge in [0.05, 0.1) is 29.7 Å². The number of aryl methyl sites for hydroxylation is 1. The normalized spacial score (nSPS) is 18.7. The summed E-state index contributed by atoms with van der Waals surface area (Å²) >= 11 is 0. The summed E-state index contributed by atoms with van der Waals surface area (Å²) in [5.74, 6) is 0.535. The first kappa shape index (κ1) is 40.6. The molecule has 0 radical (unpaired) electrons. The van der Waals surface area contributed by atoms with Gasteiger partial charge in [-0.2, -0.15) is 10.1 Å². The Morgan fingerprint density at radius 1 is 0.968 bits per heavy atom. The van der Waals surface area contributed by atoms with E-state index in [1.54, 1.807) is 11.2 Å². The number of aromatic amines is 1. The minimum atomic E-state index is -0.408. The van der Waals surface area contributed by atoms with Crippen molar-refractivity contribution in [1.29, 1.82) is 0 Å². The summed E-state index contributed by atoms with van der Waals surface area (Å²) in [4.78, 5) is 60.6. The molecule has 4 amide bonds. The van der Waals surface area contributed by atoms with E-state index in [1.165, 1.54) is 37.1 Å². The Balaban J connectivity index is 0.738. The van der Waals surface area contributed by atoms with E-state index in [9.17, 15) is 14.4 Å². The lowest BCUT2D eigenvalue weighted by atomic mass is 9.57. The van der Waals surface area contributed by atoms with Gasteiger partial charge in [-0.3, -0.25) is 29.4 Å². The first-order valence-electron chi connectivity index (χ1n) is 22.1. The van der Waals surface area contributed by atoms with Crippen LogP contribution in [0.15, 0.2) is 65.4 Å². The number of rotatable bonds is 9. The van der Waals surface area contributed by atoms with Crippen molar-refractivity contribution in [3.8, 4) is 22.6 Å². The predicted octanol–water partition coefficient (Wildman–Crippen LogP) is 6.93. The number of hydrogen-bond donors (Lipinski definition) is 3. The smallest absolute Gasteiger partial charge is 0.328 e. The van der Waals surface area contributed by atoms with E-state index in [0.29, 0.717) is 24.2 Å². The number of hydrogen-bond acceptors (Lipinski definition) is 11. The van der Waals surface area contributed by atoms with Gasteiger partial charge in [0.25, 0.3) is 0 Å². The van der Waals surface area contributed by atoms with Crippen LogP contribution in [0, 0.1) is 18.3 Å². The zero-order chi connectivity index (χ0) is 43.6. The second-order valence-corrected chi connectivity index (χ2v) is 19.1. The van der Waals surface area contributed by atoms with E-state index in [2.05, 4.69) is 75.6 Å². The molecule has 1 atom stereocenters. The van der Waals surface area contributed by atoms with Crippen molar-refractivity contribution in [3.05, 3.63) is 89.5 Å². The summed E-state index contributed by atoms with van der Waals surface area (Å²) < 4.78 is 7.41. The molecule has 16 heteroatoms. The molecule has 326 valence electrons. The Morgan fingerprint density at radius 3 is 2.48 bits per heavy atom. The highest BCUT2D eigenvalue weighted by Crippen LogP contribution is 2.53. The van der Waals surface area contributed by atoms with E-state index in [1.807, 2.05) is 58.9 Å². The SMILES string of the molecule is Cc1cc(-c2ncnc3[nH]c(-c4cc5n(n4)CCN(CC4CC6(CCN(c7ccc(N8CCC(=O)NC8=O)cc7)CC6)C4)C5)cc23)ccc1[C@@H](C)NC(=O)c1nc(C(C)(C)C)no1. The molecule has 0 bridgehead atoms. The summed E-state index contributed by atoms with van der Waals surface area (Å²) in [7, 11) is 0. The Labute approximate surface area is 365 Å². The molecule has 4 aromatic heterocycles. The summed E-state index contributed by atoms with van der Waals surface area (Å²) in [6.45, 7) is 16.3. The molecule has 1 aliphatic carbocycles. The van der Waals surface area contributed by atoms with Gasteiger partial charge in [-0.1, -0.05) is 38.1 Å². The van der Waals surface area contributed by atoms with Gasteiger partial charge in [-0.25, -0.2) is 14.8 Å². The van der Waals surface area contributed by atoms with E-state index in [0.717, 1.165) is 95.7 Å². The van der Waals surface area contributed by atoms with Gasteiger partial charge >= 0.3 is 17.8 Å². The third-order valence-corrected chi connectivity index (χ3v) is 13.6. The standard InChI is InChI=1S/C47H54N12O4/c1-28-20-31(6-11-35(28)29(2)50-42(61)43-53-44(55-63-43)46(3,4)5)40-36-22-37(51-41(36)49-27-48-40)38-21-34-26-56(18-19-59(34)54-38)25-30-23-47(24-30)13-16-57(17-14-47)32-7-9-33(10-8-32)58-15-12-39(60)52-45(58)62/h6-11,20-22,27,29-30H,12-19,23-26H2,1-5H3,(H,50,61)(H,48,49,51)(H,52,60,62)/t29-/m1/s1. The minimum absolute atomic E-state index is 0.0469. The Bertz CT molecular complexity index is 2710. The number of amides is 4. The largest absolute Gasteiger partial charge is 0.371 e. The maximum atomic E-state index is 13.0. The average Bonchev–Trinajstić information content (AvgIpc) is 4.03. The van der Waals surface area contributed by atoms with Gasteiger partial charge in [0.1, 0.15) is 17.7 Å². The Hall–Kier alpha value is -6.42. The fourth-order valence-electron chi connectivity index (χ4n) is 10.1. The molecule has 63 heavy (non-hydrogen) atoms. The van der Waals surface area contributed by atoms with Crippen LogP contribution in [0.2, 0.25) is 0 Å². The van der Waals surface area contributed by atoms with Gasteiger partial charge in [-0.15, -0.1) is 0 Å². The molecule has 3 fully saturated rings. The molecule has 10 rings (SSSR count). The highest BCUT2D eigenvalue weighted by atomic mass is 16.5. The quantitative estimate of drug-likeness (QED) is 0.137. The van der Waals surface area contributed by atoms with Crippen molar-refractivity contribution < 1.29 is 18.9 Å². The maximum Gasteiger partial charge on any atom is 0.328 e. The van der Waals surface area contributed by atoms with Crippen LogP contribution < -0.4 is 20.4 Å². The van der Waals surface area contributed by atoms with Gasteiger partial charge in [-0.05, 0) is 104 Å². The second kappa shape index (κ2) is 15.7. The summed E-state index contributed by atoms with van der Waals surface area (Å²) in [6.07, 6.45) is 6.92. The number of benzene rings is 2. The van der Waals surface area contributed by atoms with Gasteiger partial charge in [0.15, 0.2) is 5.82 Å². The van der Waals surface area contributed by atoms with Crippen molar-refractivity contribution in [2.45, 2.75) is 91.3 Å². The molecule has 2 aromatic carbocycles. The van der Waals surface area contributed by atoms with Crippen LogP contribution in [0.4, 0.5) is 16.2 Å². The van der Waals surface area contributed by atoms with Crippen LogP contribution in [0.1, 0.15) is 99.2 Å². The monoisotopic (exact) mass is 850 g/mol. The number of H-pyrrole nitrogens is 1. The lowest BCUT2D eigenvalue weighted by molar-refractivity contribution is -0.120. The molecule has 6 aromatic rings. The number of anilines is 2. The molecule has 1 saturated carbocycles. The topological polar surface area (TPSA) is 183 Å². The lowest BCUT2D eigenvalue weighted by Gasteiger charge is -2.53. The number of imide groups is 1. The van der Waals surface area contributed by atoms with Gasteiger partial charge in [0, 0.05) is 73.4 Å². The van der Waals surface area contributed by atoms with Crippen molar-refractivity contribution in [3.63, 3.8) is 0 Å². The van der Waals surface area contributed by atoms with Crippen LogP contribution in [0.25, 0.3) is 33.7 Å². The number of nitrogens with one attached hydrogen (secondary N) is 3. The van der Waals surface area contributed by atoms with Crippen LogP contribution in [0.5, 0.6) is 0 Å². The Morgan fingerprint density at radius 2 is 1.75 bits per heavy atom. The highest BCUT2D eigenvalue weighted by Gasteiger charge is 2.46. The fraction of sp³-hybridized carbons (Fsp3) is 0.447. The second-order valence-electron chi connectivity index (χ2n) is 19.1. The van der Waals surface area contributed by atoms with Crippen molar-refractivity contribution >= 4 is 40.3 Å². The van der Waals surface area contributed by atoms with E-state index in [4.69, 9.17) is 14.6 Å². The zero-order valence-electron chi connectivity index (χ0n) is 36.6. The number of urea groups is 1.